The number of allylic oxidation sites excluding steroid dienone is 8. The molecule has 0 aliphatic heterocycles. The number of hydrogen-bond acceptors (Lipinski definition) is 0. The van der Waals surface area contributed by atoms with E-state index in [9.17, 15) is 0 Å². The Morgan fingerprint density at radius 1 is 0.647 bits per heavy atom. The molecule has 2 aliphatic rings. The van der Waals surface area contributed by atoms with E-state index in [1.165, 1.54) is 0 Å². The van der Waals surface area contributed by atoms with Crippen molar-refractivity contribution in [3.63, 3.8) is 0 Å². The first-order chi connectivity index (χ1) is 5.00. The summed E-state index contributed by atoms with van der Waals surface area (Å²) < 4.78 is 0. The summed E-state index contributed by atoms with van der Waals surface area (Å²) in [6.45, 7) is 0. The third kappa shape index (κ3) is 31.4. The molecule has 0 saturated carbocycles. The van der Waals surface area contributed by atoms with Crippen LogP contribution >= 0.6 is 0 Å². The van der Waals surface area contributed by atoms with Gasteiger partial charge in [-0.2, -0.15) is 12.2 Å². The van der Waals surface area contributed by atoms with E-state index in [2.05, 4.69) is 24.3 Å². The Morgan fingerprint density at radius 3 is 1.00 bits per heavy atom. The van der Waals surface area contributed by atoms with Gasteiger partial charge in [0, 0.05) is 0 Å². The Bertz CT molecular complexity index is 152. The van der Waals surface area contributed by atoms with Crippen LogP contribution in [-0.4, -0.2) is 0 Å². The average Bonchev–Trinajstić information content (AvgIpc) is 2.67. The standard InChI is InChI=1S/2C5H5.4CH3.2ClH.Zr/c2*1-2-4-5-3-1;;;;;;;/h2*1-3H,4H2;4*1H3;2*1H;/q6*-1;;;+2/p-2. The first kappa shape index (κ1) is 43.3. The fourth-order valence-corrected chi connectivity index (χ4v) is 0.680. The van der Waals surface area contributed by atoms with Crippen LogP contribution in [0.3, 0.4) is 0 Å². The molecule has 0 spiro atoms. The molecule has 2 aliphatic carbocycles. The topological polar surface area (TPSA) is 0 Å². The summed E-state index contributed by atoms with van der Waals surface area (Å²) in [7, 11) is 0. The number of hydrogen-bond donors (Lipinski definition) is 0. The summed E-state index contributed by atoms with van der Waals surface area (Å²) in [6.07, 6.45) is 20.0. The predicted molar refractivity (Wildman–Crippen MR) is 68.8 cm³/mol. The van der Waals surface area contributed by atoms with E-state index in [1.54, 1.807) is 0 Å². The van der Waals surface area contributed by atoms with Crippen molar-refractivity contribution < 1.29 is 51.0 Å². The Hall–Kier alpha value is 0.423. The average molecular weight is 352 g/mol. The van der Waals surface area contributed by atoms with Crippen LogP contribution in [0.1, 0.15) is 12.8 Å². The molecule has 0 heterocycles. The van der Waals surface area contributed by atoms with Crippen LogP contribution in [-0.2, 0) is 26.2 Å². The van der Waals surface area contributed by atoms with Crippen LogP contribution in [0.15, 0.2) is 36.5 Å². The molecule has 0 unspecified atom stereocenters. The van der Waals surface area contributed by atoms with E-state index in [-0.39, 0.29) is 80.7 Å². The molecule has 0 aromatic heterocycles. The van der Waals surface area contributed by atoms with Crippen molar-refractivity contribution in [2.75, 3.05) is 0 Å². The monoisotopic (exact) mass is 350 g/mol. The van der Waals surface area contributed by atoms with E-state index in [0.29, 0.717) is 0 Å². The van der Waals surface area contributed by atoms with E-state index >= 15 is 0 Å². The molecule has 0 saturated heterocycles. The van der Waals surface area contributed by atoms with Crippen LogP contribution in [0.25, 0.3) is 0 Å². The normalized spacial score (nSPS) is 10.4. The molecule has 0 atom stereocenters. The molecular formula is C14H22Cl2Zr-6. The fourth-order valence-electron chi connectivity index (χ4n) is 0.680. The molecule has 0 fully saturated rings. The van der Waals surface area contributed by atoms with Crippen molar-refractivity contribution in [3.8, 4) is 0 Å². The maximum atomic E-state index is 2.99. The molecule has 0 radical (unpaired) electrons. The van der Waals surface area contributed by atoms with E-state index in [4.69, 9.17) is 0 Å². The van der Waals surface area contributed by atoms with E-state index in [0.717, 1.165) is 12.8 Å². The summed E-state index contributed by atoms with van der Waals surface area (Å²) in [5.74, 6) is 0. The van der Waals surface area contributed by atoms with Gasteiger partial charge in [-0.1, -0.05) is 0 Å². The number of halogens is 2. The predicted octanol–water partition coefficient (Wildman–Crippen LogP) is -1.58. The van der Waals surface area contributed by atoms with Gasteiger partial charge in [0.1, 0.15) is 0 Å². The van der Waals surface area contributed by atoms with Crippen molar-refractivity contribution in [3.05, 3.63) is 78.3 Å². The summed E-state index contributed by atoms with van der Waals surface area (Å²) >= 11 is 0. The zero-order valence-electron chi connectivity index (χ0n) is 11.1. The van der Waals surface area contributed by atoms with Gasteiger partial charge in [0.15, 0.2) is 0 Å². The molecule has 0 amide bonds. The third-order valence-electron chi connectivity index (χ3n) is 1.17. The van der Waals surface area contributed by atoms with Gasteiger partial charge < -0.3 is 54.5 Å². The zero-order chi connectivity index (χ0) is 7.07. The molecule has 0 bridgehead atoms. The van der Waals surface area contributed by atoms with Gasteiger partial charge in [0.05, 0.1) is 0 Å². The molecule has 0 nitrogen and oxygen atoms in total. The molecular weight excluding hydrogens is 330 g/mol. The molecule has 2 rings (SSSR count). The number of rotatable bonds is 0. The molecule has 0 N–H and O–H groups in total. The summed E-state index contributed by atoms with van der Waals surface area (Å²) in [5.41, 5.74) is 0. The maximum Gasteiger partial charge on any atom is 2.00 e. The van der Waals surface area contributed by atoms with Crippen LogP contribution in [0.2, 0.25) is 0 Å². The SMILES string of the molecule is [C-]1=CC=CC1.[C-]1=CC=CC1.[CH3-].[CH3-].[CH3-].[CH3-].[Cl-].[Cl-].[Zr+2]. The molecule has 17 heavy (non-hydrogen) atoms. The second-order valence-corrected chi connectivity index (χ2v) is 2.01. The Kier molecular flexibility index (Phi) is 91.5. The molecule has 0 aromatic rings. The summed E-state index contributed by atoms with van der Waals surface area (Å²) in [4.78, 5) is 0. The largest absolute Gasteiger partial charge is 2.00 e. The Balaban J connectivity index is -0.0000000167. The smallest absolute Gasteiger partial charge is 1.00 e. The van der Waals surface area contributed by atoms with Crippen molar-refractivity contribution in [2.24, 2.45) is 0 Å². The van der Waals surface area contributed by atoms with Crippen LogP contribution in [0.4, 0.5) is 0 Å². The van der Waals surface area contributed by atoms with Crippen LogP contribution in [0, 0.1) is 41.9 Å². The Labute approximate surface area is 141 Å². The van der Waals surface area contributed by atoms with Crippen LogP contribution < -0.4 is 24.8 Å². The quantitative estimate of drug-likeness (QED) is 0.462. The Morgan fingerprint density at radius 2 is 0.941 bits per heavy atom. The zero-order valence-corrected chi connectivity index (χ0v) is 15.1. The van der Waals surface area contributed by atoms with Gasteiger partial charge in [0.25, 0.3) is 0 Å². The van der Waals surface area contributed by atoms with Crippen molar-refractivity contribution in [1.29, 1.82) is 0 Å². The second-order valence-electron chi connectivity index (χ2n) is 2.01. The molecule has 102 valence electrons. The van der Waals surface area contributed by atoms with E-state index in [1.807, 2.05) is 24.3 Å². The molecule has 3 heteroatoms. The first-order valence-corrected chi connectivity index (χ1v) is 3.43. The van der Waals surface area contributed by atoms with Crippen molar-refractivity contribution in [2.45, 2.75) is 12.8 Å². The van der Waals surface area contributed by atoms with Crippen molar-refractivity contribution >= 4 is 0 Å². The van der Waals surface area contributed by atoms with Crippen LogP contribution in [0.5, 0.6) is 0 Å². The van der Waals surface area contributed by atoms with Gasteiger partial charge in [-0.3, -0.25) is 12.2 Å². The van der Waals surface area contributed by atoms with Gasteiger partial charge in [0.2, 0.25) is 0 Å². The minimum absolute atomic E-state index is 0. The first-order valence-electron chi connectivity index (χ1n) is 3.43. The fraction of sp³-hybridized carbons (Fsp3) is 0.143. The maximum absolute atomic E-state index is 2.99. The van der Waals surface area contributed by atoms with Gasteiger partial charge in [-0.25, -0.2) is 24.3 Å². The third-order valence-corrected chi connectivity index (χ3v) is 1.17. The van der Waals surface area contributed by atoms with Crippen molar-refractivity contribution in [1.82, 2.24) is 0 Å². The van der Waals surface area contributed by atoms with Gasteiger partial charge >= 0.3 is 26.2 Å². The molecule has 0 aromatic carbocycles. The minimum Gasteiger partial charge on any atom is -1.00 e. The summed E-state index contributed by atoms with van der Waals surface area (Å²) in [6, 6.07) is 0. The second kappa shape index (κ2) is 36.0. The van der Waals surface area contributed by atoms with E-state index < -0.39 is 0 Å². The van der Waals surface area contributed by atoms with Gasteiger partial charge in [-0.05, 0) is 0 Å². The minimum atomic E-state index is 0. The summed E-state index contributed by atoms with van der Waals surface area (Å²) in [5, 5.41) is 0. The van der Waals surface area contributed by atoms with Gasteiger partial charge in [-0.15, -0.1) is 12.8 Å².